The molecule has 0 saturated carbocycles. The van der Waals surface area contributed by atoms with Crippen LogP contribution in [-0.2, 0) is 6.61 Å². The molecule has 1 aromatic heterocycles. The number of fused-ring (bicyclic) bond motifs is 1. The summed E-state index contributed by atoms with van der Waals surface area (Å²) in [4.78, 5) is 0. The second-order valence-corrected chi connectivity index (χ2v) is 4.20. The highest BCUT2D eigenvalue weighted by molar-refractivity contribution is 5.80. The van der Waals surface area contributed by atoms with Crippen molar-refractivity contribution in [3.63, 3.8) is 0 Å². The smallest absolute Gasteiger partial charge is 0.167 e. The molecule has 0 N–H and O–H groups in total. The highest BCUT2D eigenvalue weighted by atomic mass is 16.5. The minimum atomic E-state index is 0.566. The molecule has 0 aliphatic carbocycles. The molecule has 90 valence electrons. The van der Waals surface area contributed by atoms with Crippen molar-refractivity contribution < 1.29 is 9.26 Å². The summed E-state index contributed by atoms with van der Waals surface area (Å²) < 4.78 is 10.9. The Kier molecular flexibility index (Phi) is 2.73. The lowest BCUT2D eigenvalue weighted by molar-refractivity contribution is 0.306. The zero-order valence-corrected chi connectivity index (χ0v) is 10.1. The molecule has 0 atom stereocenters. The third kappa shape index (κ3) is 2.07. The lowest BCUT2D eigenvalue weighted by Crippen LogP contribution is -1.94. The lowest BCUT2D eigenvalue weighted by Gasteiger charge is -2.05. The zero-order valence-electron chi connectivity index (χ0n) is 10.1. The fraction of sp³-hybridized carbons (Fsp3) is 0.133. The Labute approximate surface area is 105 Å². The van der Waals surface area contributed by atoms with Crippen LogP contribution in [0.4, 0.5) is 0 Å². The normalized spacial score (nSPS) is 10.7. The zero-order chi connectivity index (χ0) is 12.4. The van der Waals surface area contributed by atoms with Crippen LogP contribution in [0.5, 0.6) is 5.75 Å². The molecule has 0 aliphatic heterocycles. The summed E-state index contributed by atoms with van der Waals surface area (Å²) in [7, 11) is 0. The fourth-order valence-electron chi connectivity index (χ4n) is 1.87. The van der Waals surface area contributed by atoms with Crippen LogP contribution in [0.3, 0.4) is 0 Å². The molecule has 0 unspecified atom stereocenters. The minimum absolute atomic E-state index is 0.566. The third-order valence-electron chi connectivity index (χ3n) is 2.87. The van der Waals surface area contributed by atoms with E-state index in [9.17, 15) is 0 Å². The Morgan fingerprint density at radius 1 is 1.11 bits per heavy atom. The molecule has 0 aliphatic rings. The molecule has 2 aromatic carbocycles. The first kappa shape index (κ1) is 10.8. The van der Waals surface area contributed by atoms with Gasteiger partial charge in [0.15, 0.2) is 5.58 Å². The summed E-state index contributed by atoms with van der Waals surface area (Å²) in [5.74, 6) is 0.831. The standard InChI is InChI=1S/C15H13NO2/c1-11-14-9-13(7-8-15(14)18-16-11)17-10-12-5-3-2-4-6-12/h2-9H,10H2,1H3. The molecular weight excluding hydrogens is 226 g/mol. The number of aryl methyl sites for hydroxylation is 1. The van der Waals surface area contributed by atoms with Crippen LogP contribution in [0.15, 0.2) is 53.1 Å². The van der Waals surface area contributed by atoms with Gasteiger partial charge in [-0.25, -0.2) is 0 Å². The van der Waals surface area contributed by atoms with Crippen molar-refractivity contribution in [3.05, 3.63) is 59.8 Å². The summed E-state index contributed by atoms with van der Waals surface area (Å²) >= 11 is 0. The Morgan fingerprint density at radius 3 is 2.78 bits per heavy atom. The van der Waals surface area contributed by atoms with Crippen LogP contribution in [0, 0.1) is 6.92 Å². The topological polar surface area (TPSA) is 35.3 Å². The van der Waals surface area contributed by atoms with E-state index in [1.165, 1.54) is 0 Å². The molecule has 0 radical (unpaired) electrons. The average molecular weight is 239 g/mol. The number of rotatable bonds is 3. The predicted octanol–water partition coefficient (Wildman–Crippen LogP) is 3.72. The fourth-order valence-corrected chi connectivity index (χ4v) is 1.87. The van der Waals surface area contributed by atoms with Gasteiger partial charge in [-0.3, -0.25) is 0 Å². The summed E-state index contributed by atoms with van der Waals surface area (Å²) in [6, 6.07) is 15.8. The van der Waals surface area contributed by atoms with Gasteiger partial charge in [0.05, 0.1) is 5.69 Å². The largest absolute Gasteiger partial charge is 0.489 e. The van der Waals surface area contributed by atoms with Crippen molar-refractivity contribution in [2.75, 3.05) is 0 Å². The van der Waals surface area contributed by atoms with E-state index < -0.39 is 0 Å². The van der Waals surface area contributed by atoms with E-state index in [4.69, 9.17) is 9.26 Å². The summed E-state index contributed by atoms with van der Waals surface area (Å²) in [5.41, 5.74) is 2.83. The van der Waals surface area contributed by atoms with Gasteiger partial charge in [0.25, 0.3) is 0 Å². The average Bonchev–Trinajstić information content (AvgIpc) is 2.79. The number of aromatic nitrogens is 1. The molecule has 3 nitrogen and oxygen atoms in total. The van der Waals surface area contributed by atoms with Gasteiger partial charge in [-0.05, 0) is 30.7 Å². The third-order valence-corrected chi connectivity index (χ3v) is 2.87. The first-order valence-corrected chi connectivity index (χ1v) is 5.86. The maximum absolute atomic E-state index is 5.76. The Hall–Kier alpha value is -2.29. The number of hydrogen-bond acceptors (Lipinski definition) is 3. The van der Waals surface area contributed by atoms with Crippen molar-refractivity contribution in [2.45, 2.75) is 13.5 Å². The molecule has 18 heavy (non-hydrogen) atoms. The lowest BCUT2D eigenvalue weighted by atomic mass is 10.2. The van der Waals surface area contributed by atoms with Gasteiger partial charge in [0.1, 0.15) is 12.4 Å². The van der Waals surface area contributed by atoms with Gasteiger partial charge in [-0.1, -0.05) is 35.5 Å². The Morgan fingerprint density at radius 2 is 1.94 bits per heavy atom. The van der Waals surface area contributed by atoms with Crippen LogP contribution < -0.4 is 4.74 Å². The summed E-state index contributed by atoms with van der Waals surface area (Å²) in [6.45, 7) is 2.49. The molecule has 0 spiro atoms. The molecule has 3 rings (SSSR count). The van der Waals surface area contributed by atoms with Crippen LogP contribution in [-0.4, -0.2) is 5.16 Å². The molecule has 0 amide bonds. The summed E-state index contributed by atoms with van der Waals surface area (Å²) in [6.07, 6.45) is 0. The van der Waals surface area contributed by atoms with Crippen LogP contribution >= 0.6 is 0 Å². The number of benzene rings is 2. The second kappa shape index (κ2) is 4.53. The maximum atomic E-state index is 5.76. The van der Waals surface area contributed by atoms with Gasteiger partial charge < -0.3 is 9.26 Å². The number of ether oxygens (including phenoxy) is 1. The molecule has 0 fully saturated rings. The van der Waals surface area contributed by atoms with Gasteiger partial charge in [0.2, 0.25) is 0 Å². The van der Waals surface area contributed by atoms with Gasteiger partial charge in [0, 0.05) is 5.39 Å². The molecule has 1 heterocycles. The van der Waals surface area contributed by atoms with Gasteiger partial charge in [-0.15, -0.1) is 0 Å². The monoisotopic (exact) mass is 239 g/mol. The maximum Gasteiger partial charge on any atom is 0.167 e. The van der Waals surface area contributed by atoms with Crippen molar-refractivity contribution in [3.8, 4) is 5.75 Å². The van der Waals surface area contributed by atoms with E-state index >= 15 is 0 Å². The minimum Gasteiger partial charge on any atom is -0.489 e. The molecule has 0 saturated heterocycles. The van der Waals surface area contributed by atoms with Gasteiger partial charge in [-0.2, -0.15) is 0 Å². The molecule has 3 heteroatoms. The first-order chi connectivity index (χ1) is 8.83. The second-order valence-electron chi connectivity index (χ2n) is 4.20. The first-order valence-electron chi connectivity index (χ1n) is 5.86. The van der Waals surface area contributed by atoms with Crippen molar-refractivity contribution in [1.29, 1.82) is 0 Å². The van der Waals surface area contributed by atoms with Crippen molar-refractivity contribution in [1.82, 2.24) is 5.16 Å². The Bertz CT molecular complexity index is 659. The van der Waals surface area contributed by atoms with Gasteiger partial charge >= 0.3 is 0 Å². The van der Waals surface area contributed by atoms with Crippen LogP contribution in [0.1, 0.15) is 11.3 Å². The Balaban J connectivity index is 1.80. The number of nitrogens with zero attached hydrogens (tertiary/aromatic N) is 1. The van der Waals surface area contributed by atoms with Crippen molar-refractivity contribution in [2.24, 2.45) is 0 Å². The quantitative estimate of drug-likeness (QED) is 0.698. The van der Waals surface area contributed by atoms with E-state index in [-0.39, 0.29) is 0 Å². The predicted molar refractivity (Wildman–Crippen MR) is 69.5 cm³/mol. The van der Waals surface area contributed by atoms with Crippen LogP contribution in [0.2, 0.25) is 0 Å². The summed E-state index contributed by atoms with van der Waals surface area (Å²) in [5, 5.41) is 4.93. The van der Waals surface area contributed by atoms with E-state index in [2.05, 4.69) is 5.16 Å². The van der Waals surface area contributed by atoms with E-state index in [1.807, 2.05) is 55.5 Å². The molecule has 3 aromatic rings. The van der Waals surface area contributed by atoms with E-state index in [1.54, 1.807) is 0 Å². The highest BCUT2D eigenvalue weighted by Gasteiger charge is 2.05. The highest BCUT2D eigenvalue weighted by Crippen LogP contribution is 2.23. The molecule has 0 bridgehead atoms. The molecular formula is C15H13NO2. The van der Waals surface area contributed by atoms with E-state index in [0.29, 0.717) is 6.61 Å². The van der Waals surface area contributed by atoms with Crippen LogP contribution in [0.25, 0.3) is 11.0 Å². The number of hydrogen-bond donors (Lipinski definition) is 0. The van der Waals surface area contributed by atoms with E-state index in [0.717, 1.165) is 28.0 Å². The SMILES string of the molecule is Cc1noc2ccc(OCc3ccccc3)cc12. The van der Waals surface area contributed by atoms with Crippen molar-refractivity contribution >= 4 is 11.0 Å².